The largest absolute Gasteiger partial charge is 0.264 e. The number of nitrogens with zero attached hydrogens (tertiary/aromatic N) is 2. The van der Waals surface area contributed by atoms with Crippen LogP contribution in [0, 0.1) is 6.42 Å². The van der Waals surface area contributed by atoms with E-state index >= 15 is 0 Å². The molecule has 1 radical (unpaired) electrons. The van der Waals surface area contributed by atoms with Crippen LogP contribution in [-0.2, 0) is 12.8 Å². The lowest BCUT2D eigenvalue weighted by Crippen LogP contribution is -1.94. The van der Waals surface area contributed by atoms with Crippen molar-refractivity contribution in [3.63, 3.8) is 0 Å². The van der Waals surface area contributed by atoms with Crippen LogP contribution in [0.5, 0.6) is 0 Å². The highest BCUT2D eigenvalue weighted by molar-refractivity contribution is 6.35. The quantitative estimate of drug-likeness (QED) is 0.841. The fourth-order valence-corrected chi connectivity index (χ4v) is 2.05. The van der Waals surface area contributed by atoms with Crippen molar-refractivity contribution < 1.29 is 0 Å². The number of hydrogen-bond donors (Lipinski definition) is 0. The summed E-state index contributed by atoms with van der Waals surface area (Å²) in [5, 5.41) is 1.22. The third kappa shape index (κ3) is 3.42. The fourth-order valence-electron chi connectivity index (χ4n) is 1.54. The Morgan fingerprint density at radius 2 is 1.76 bits per heavy atom. The normalized spacial score (nSPS) is 10.5. The molecule has 0 bridgehead atoms. The molecule has 2 aromatic rings. The predicted octanol–water partition coefficient (Wildman–Crippen LogP) is 3.77. The summed E-state index contributed by atoms with van der Waals surface area (Å²) in [7, 11) is 0. The van der Waals surface area contributed by atoms with Gasteiger partial charge in [-0.1, -0.05) is 29.3 Å². The molecular formula is C13H11Cl2N2. The molecule has 0 N–H and O–H groups in total. The van der Waals surface area contributed by atoms with Crippen molar-refractivity contribution in [2.45, 2.75) is 12.8 Å². The van der Waals surface area contributed by atoms with E-state index in [0.717, 1.165) is 18.4 Å². The van der Waals surface area contributed by atoms with Crippen molar-refractivity contribution in [1.82, 2.24) is 9.97 Å². The van der Waals surface area contributed by atoms with E-state index in [0.29, 0.717) is 10.0 Å². The maximum Gasteiger partial charge on any atom is 0.0636 e. The van der Waals surface area contributed by atoms with Crippen LogP contribution in [0.25, 0.3) is 0 Å². The van der Waals surface area contributed by atoms with Gasteiger partial charge in [-0.2, -0.15) is 0 Å². The molecule has 0 aliphatic rings. The summed E-state index contributed by atoms with van der Waals surface area (Å²) in [5.41, 5.74) is 2.10. The number of halogens is 2. The van der Waals surface area contributed by atoms with Gasteiger partial charge in [-0.15, -0.1) is 0 Å². The molecule has 87 valence electrons. The highest BCUT2D eigenvalue weighted by Crippen LogP contribution is 2.24. The van der Waals surface area contributed by atoms with Gasteiger partial charge in [0.2, 0.25) is 0 Å². The molecule has 0 aliphatic carbocycles. The number of hydrogen-bond acceptors (Lipinski definition) is 2. The first kappa shape index (κ1) is 12.3. The summed E-state index contributed by atoms with van der Waals surface area (Å²) >= 11 is 12.1. The zero-order chi connectivity index (χ0) is 12.1. The first-order chi connectivity index (χ1) is 8.27. The first-order valence-corrected chi connectivity index (χ1v) is 6.01. The molecule has 2 nitrogen and oxygen atoms in total. The van der Waals surface area contributed by atoms with Crippen molar-refractivity contribution >= 4 is 23.2 Å². The molecule has 0 aromatic carbocycles. The lowest BCUT2D eigenvalue weighted by atomic mass is 10.1. The number of pyridine rings is 2. The molecule has 17 heavy (non-hydrogen) atoms. The second-order valence-corrected chi connectivity index (χ2v) is 4.45. The van der Waals surface area contributed by atoms with Gasteiger partial charge < -0.3 is 0 Å². The molecule has 2 rings (SSSR count). The van der Waals surface area contributed by atoms with Crippen LogP contribution in [0.1, 0.15) is 11.1 Å². The minimum atomic E-state index is 0.611. The molecule has 0 aliphatic heterocycles. The summed E-state index contributed by atoms with van der Waals surface area (Å²) < 4.78 is 0. The van der Waals surface area contributed by atoms with Gasteiger partial charge in [-0.25, -0.2) is 0 Å². The van der Waals surface area contributed by atoms with Gasteiger partial charge in [-0.3, -0.25) is 9.97 Å². The average molecular weight is 266 g/mol. The Morgan fingerprint density at radius 3 is 2.41 bits per heavy atom. The van der Waals surface area contributed by atoms with E-state index in [-0.39, 0.29) is 0 Å². The van der Waals surface area contributed by atoms with Gasteiger partial charge in [0.25, 0.3) is 0 Å². The van der Waals surface area contributed by atoms with E-state index in [1.54, 1.807) is 18.6 Å². The Hall–Kier alpha value is -1.12. The van der Waals surface area contributed by atoms with Crippen LogP contribution in [0.15, 0.2) is 36.9 Å². The third-order valence-electron chi connectivity index (χ3n) is 2.40. The van der Waals surface area contributed by atoms with Crippen molar-refractivity contribution in [2.24, 2.45) is 0 Å². The third-order valence-corrected chi connectivity index (χ3v) is 3.06. The Morgan fingerprint density at radius 1 is 1.00 bits per heavy atom. The van der Waals surface area contributed by atoms with Gasteiger partial charge in [0, 0.05) is 24.8 Å². The monoisotopic (exact) mass is 265 g/mol. The van der Waals surface area contributed by atoms with Crippen LogP contribution >= 0.6 is 23.2 Å². The lowest BCUT2D eigenvalue weighted by molar-refractivity contribution is 1.01. The highest BCUT2D eigenvalue weighted by Gasteiger charge is 2.05. The van der Waals surface area contributed by atoms with Crippen molar-refractivity contribution in [3.8, 4) is 0 Å². The molecule has 2 heterocycles. The molecule has 0 amide bonds. The van der Waals surface area contributed by atoms with Crippen LogP contribution in [0.3, 0.4) is 0 Å². The first-order valence-electron chi connectivity index (χ1n) is 5.26. The zero-order valence-electron chi connectivity index (χ0n) is 9.11. The molecule has 0 spiro atoms. The number of aromatic nitrogens is 2. The van der Waals surface area contributed by atoms with Crippen LogP contribution in [0.4, 0.5) is 0 Å². The summed E-state index contributed by atoms with van der Waals surface area (Å²) in [6.45, 7) is 0. The molecule has 0 fully saturated rings. The molecule has 0 saturated carbocycles. The summed E-state index contributed by atoms with van der Waals surface area (Å²) in [4.78, 5) is 7.99. The van der Waals surface area contributed by atoms with Gasteiger partial charge in [0.1, 0.15) is 0 Å². The highest BCUT2D eigenvalue weighted by atomic mass is 35.5. The Bertz CT molecular complexity index is 466. The van der Waals surface area contributed by atoms with Crippen LogP contribution in [-0.4, -0.2) is 9.97 Å². The van der Waals surface area contributed by atoms with E-state index < -0.39 is 0 Å². The average Bonchev–Trinajstić information content (AvgIpc) is 2.34. The summed E-state index contributed by atoms with van der Waals surface area (Å²) in [6.07, 6.45) is 10.6. The molecule has 0 atom stereocenters. The Kier molecular flexibility index (Phi) is 4.35. The fraction of sp³-hybridized carbons (Fsp3) is 0.154. The van der Waals surface area contributed by atoms with Gasteiger partial charge >= 0.3 is 0 Å². The molecule has 0 saturated heterocycles. The summed E-state index contributed by atoms with van der Waals surface area (Å²) in [5.74, 6) is 0. The van der Waals surface area contributed by atoms with Gasteiger partial charge in [0.05, 0.1) is 10.0 Å². The van der Waals surface area contributed by atoms with E-state index in [9.17, 15) is 0 Å². The Balaban J connectivity index is 1.95. The molecular weight excluding hydrogens is 255 g/mol. The smallest absolute Gasteiger partial charge is 0.0636 e. The van der Waals surface area contributed by atoms with Gasteiger partial charge in [0.15, 0.2) is 0 Å². The topological polar surface area (TPSA) is 25.8 Å². The van der Waals surface area contributed by atoms with Crippen molar-refractivity contribution in [1.29, 1.82) is 0 Å². The van der Waals surface area contributed by atoms with E-state index in [1.165, 1.54) is 5.56 Å². The van der Waals surface area contributed by atoms with E-state index in [4.69, 9.17) is 23.2 Å². The lowest BCUT2D eigenvalue weighted by Gasteiger charge is -2.05. The van der Waals surface area contributed by atoms with Crippen LogP contribution < -0.4 is 0 Å². The molecule has 2 aromatic heterocycles. The maximum absolute atomic E-state index is 6.03. The minimum Gasteiger partial charge on any atom is -0.264 e. The molecule has 4 heteroatoms. The predicted molar refractivity (Wildman–Crippen MR) is 70.2 cm³/mol. The second-order valence-electron chi connectivity index (χ2n) is 3.64. The summed E-state index contributed by atoms with van der Waals surface area (Å²) in [6, 6.07) is 3.97. The standard InChI is InChI=1S/C13H11Cl2N2/c14-12-8-17-9-13(15)11(12)5-1-3-10-4-2-6-16-7-10/h1-2,4,6-9H,3,5H2. The SMILES string of the molecule is Clc1cncc(Cl)c1C[CH]Cc1cccnc1. The van der Waals surface area contributed by atoms with Crippen molar-refractivity contribution in [2.75, 3.05) is 0 Å². The van der Waals surface area contributed by atoms with E-state index in [2.05, 4.69) is 16.4 Å². The van der Waals surface area contributed by atoms with Gasteiger partial charge in [-0.05, 0) is 36.5 Å². The minimum absolute atomic E-state index is 0.611. The number of rotatable bonds is 4. The zero-order valence-corrected chi connectivity index (χ0v) is 10.6. The maximum atomic E-state index is 6.03. The Labute approximate surface area is 111 Å². The molecule has 0 unspecified atom stereocenters. The second kappa shape index (κ2) is 5.99. The van der Waals surface area contributed by atoms with Crippen molar-refractivity contribution in [3.05, 3.63) is 64.5 Å². The van der Waals surface area contributed by atoms with Crippen LogP contribution in [0.2, 0.25) is 10.0 Å². The van der Waals surface area contributed by atoms with E-state index in [1.807, 2.05) is 18.3 Å².